The van der Waals surface area contributed by atoms with E-state index in [9.17, 15) is 4.79 Å². The molecule has 4 nitrogen and oxygen atoms in total. The molecule has 0 aromatic heterocycles. The fraction of sp³-hybridized carbons (Fsp3) is 0.350. The highest BCUT2D eigenvalue weighted by atomic mass is 16.5. The number of nitrogens with zero attached hydrogens (tertiary/aromatic N) is 1. The molecule has 2 aromatic carbocycles. The molecule has 0 bridgehead atoms. The van der Waals surface area contributed by atoms with Crippen molar-refractivity contribution in [2.75, 3.05) is 31.6 Å². The Morgan fingerprint density at radius 2 is 2.04 bits per heavy atom. The second kappa shape index (κ2) is 7.86. The van der Waals surface area contributed by atoms with Gasteiger partial charge in [-0.3, -0.25) is 4.79 Å². The first kappa shape index (κ1) is 16.4. The summed E-state index contributed by atoms with van der Waals surface area (Å²) in [4.78, 5) is 14.4. The molecule has 1 N–H and O–H groups in total. The fourth-order valence-electron chi connectivity index (χ4n) is 3.14. The number of ether oxygens (including phenoxy) is 1. The Hall–Kier alpha value is -2.49. The average molecular weight is 324 g/mol. The molecule has 1 heterocycles. The Bertz CT molecular complexity index is 672. The van der Waals surface area contributed by atoms with E-state index in [2.05, 4.69) is 22.3 Å². The molecule has 0 saturated carbocycles. The zero-order valence-corrected chi connectivity index (χ0v) is 14.1. The summed E-state index contributed by atoms with van der Waals surface area (Å²) >= 11 is 0. The van der Waals surface area contributed by atoms with Crippen molar-refractivity contribution in [2.24, 2.45) is 5.92 Å². The third-order valence-corrected chi connectivity index (χ3v) is 4.50. The molecule has 2 aromatic rings. The lowest BCUT2D eigenvalue weighted by molar-refractivity contribution is -0.120. The van der Waals surface area contributed by atoms with Crippen molar-refractivity contribution in [3.8, 4) is 5.75 Å². The van der Waals surface area contributed by atoms with Gasteiger partial charge >= 0.3 is 0 Å². The molecule has 1 atom stereocenters. The zero-order chi connectivity index (χ0) is 16.8. The number of carbonyl (C=O) groups excluding carboxylic acids is 1. The summed E-state index contributed by atoms with van der Waals surface area (Å²) in [5.74, 6) is 1.48. The highest BCUT2D eigenvalue weighted by Gasteiger charge is 2.23. The van der Waals surface area contributed by atoms with Gasteiger partial charge in [-0.1, -0.05) is 36.4 Å². The van der Waals surface area contributed by atoms with Crippen LogP contribution >= 0.6 is 0 Å². The molecule has 1 fully saturated rings. The molecule has 1 aliphatic heterocycles. The maximum absolute atomic E-state index is 12.1. The Balaban J connectivity index is 1.47. The first-order chi connectivity index (χ1) is 11.7. The van der Waals surface area contributed by atoms with Crippen LogP contribution in [0.2, 0.25) is 0 Å². The van der Waals surface area contributed by atoms with Gasteiger partial charge in [0.25, 0.3) is 0 Å². The Labute approximate surface area is 143 Å². The molecule has 0 radical (unpaired) electrons. The summed E-state index contributed by atoms with van der Waals surface area (Å²) in [5.41, 5.74) is 2.24. The van der Waals surface area contributed by atoms with Gasteiger partial charge in [-0.2, -0.15) is 0 Å². The molecular formula is C20H24N2O2. The molecule has 3 rings (SSSR count). The monoisotopic (exact) mass is 324 g/mol. The molecule has 0 spiro atoms. The number of amides is 1. The number of nitrogens with one attached hydrogen (secondary N) is 1. The third kappa shape index (κ3) is 4.28. The number of carbonyl (C=O) groups is 1. The molecule has 1 saturated heterocycles. The van der Waals surface area contributed by atoms with Crippen LogP contribution in [0.5, 0.6) is 5.75 Å². The van der Waals surface area contributed by atoms with Crippen molar-refractivity contribution >= 4 is 11.6 Å². The number of hydrogen-bond acceptors (Lipinski definition) is 3. The minimum atomic E-state index is 0.0982. The second-order valence-corrected chi connectivity index (χ2v) is 6.27. The molecule has 0 aliphatic carbocycles. The molecular weight excluding hydrogens is 300 g/mol. The quantitative estimate of drug-likeness (QED) is 0.888. The van der Waals surface area contributed by atoms with Crippen LogP contribution in [0.4, 0.5) is 5.69 Å². The van der Waals surface area contributed by atoms with Crippen molar-refractivity contribution in [1.29, 1.82) is 0 Å². The maximum atomic E-state index is 12.1. The molecule has 1 aliphatic rings. The molecule has 4 heteroatoms. The normalized spacial score (nSPS) is 16.9. The van der Waals surface area contributed by atoms with Gasteiger partial charge in [0.15, 0.2) is 0 Å². The van der Waals surface area contributed by atoms with E-state index < -0.39 is 0 Å². The van der Waals surface area contributed by atoms with Crippen LogP contribution < -0.4 is 15.0 Å². The van der Waals surface area contributed by atoms with Gasteiger partial charge in [-0.25, -0.2) is 0 Å². The summed E-state index contributed by atoms with van der Waals surface area (Å²) in [7, 11) is 1.69. The predicted octanol–water partition coefficient (Wildman–Crippen LogP) is 2.88. The summed E-state index contributed by atoms with van der Waals surface area (Å²) < 4.78 is 5.29. The van der Waals surface area contributed by atoms with Gasteiger partial charge in [-0.05, 0) is 30.0 Å². The second-order valence-electron chi connectivity index (χ2n) is 6.27. The Kier molecular flexibility index (Phi) is 5.36. The summed E-state index contributed by atoms with van der Waals surface area (Å²) in [6.07, 6.45) is 1.55. The highest BCUT2D eigenvalue weighted by molar-refractivity contribution is 5.78. The van der Waals surface area contributed by atoms with Crippen LogP contribution in [0.1, 0.15) is 12.0 Å². The largest absolute Gasteiger partial charge is 0.497 e. The highest BCUT2D eigenvalue weighted by Crippen LogP contribution is 2.26. The van der Waals surface area contributed by atoms with Crippen LogP contribution in [-0.4, -0.2) is 32.7 Å². The van der Waals surface area contributed by atoms with Gasteiger partial charge in [0.1, 0.15) is 5.75 Å². The van der Waals surface area contributed by atoms with Crippen LogP contribution in [0.25, 0.3) is 0 Å². The van der Waals surface area contributed by atoms with Gasteiger partial charge in [-0.15, -0.1) is 0 Å². The van der Waals surface area contributed by atoms with Crippen molar-refractivity contribution in [2.45, 2.75) is 12.8 Å². The van der Waals surface area contributed by atoms with E-state index in [1.54, 1.807) is 7.11 Å². The first-order valence-electron chi connectivity index (χ1n) is 8.44. The molecule has 0 unspecified atom stereocenters. The lowest BCUT2D eigenvalue weighted by Gasteiger charge is -2.19. The minimum absolute atomic E-state index is 0.0982. The van der Waals surface area contributed by atoms with E-state index in [0.29, 0.717) is 12.3 Å². The summed E-state index contributed by atoms with van der Waals surface area (Å²) in [6.45, 7) is 2.73. The van der Waals surface area contributed by atoms with Crippen LogP contribution in [0, 0.1) is 5.92 Å². The van der Waals surface area contributed by atoms with E-state index in [1.165, 1.54) is 5.69 Å². The number of anilines is 1. The predicted molar refractivity (Wildman–Crippen MR) is 96.5 cm³/mol. The lowest BCUT2D eigenvalue weighted by atomic mass is 10.1. The topological polar surface area (TPSA) is 41.6 Å². The van der Waals surface area contributed by atoms with Crippen LogP contribution in [0.3, 0.4) is 0 Å². The van der Waals surface area contributed by atoms with E-state index >= 15 is 0 Å². The number of rotatable bonds is 6. The average Bonchev–Trinajstić information content (AvgIpc) is 3.10. The van der Waals surface area contributed by atoms with E-state index in [1.807, 2.05) is 42.5 Å². The van der Waals surface area contributed by atoms with E-state index in [-0.39, 0.29) is 5.91 Å². The van der Waals surface area contributed by atoms with E-state index in [4.69, 9.17) is 4.74 Å². The molecule has 1 amide bonds. The van der Waals surface area contributed by atoms with Crippen molar-refractivity contribution in [1.82, 2.24) is 5.32 Å². The standard InChI is InChI=1S/C20H24N2O2/c1-24-19-9-5-8-18(13-19)22-11-10-17(15-22)14-21-20(23)12-16-6-3-2-4-7-16/h2-9,13,17H,10-12,14-15H2,1H3,(H,21,23)/t17-/m0/s1. The maximum Gasteiger partial charge on any atom is 0.224 e. The number of benzene rings is 2. The van der Waals surface area contributed by atoms with Crippen molar-refractivity contribution in [3.05, 3.63) is 60.2 Å². The Morgan fingerprint density at radius 1 is 1.21 bits per heavy atom. The SMILES string of the molecule is COc1cccc(N2CC[C@@H](CNC(=O)Cc3ccccc3)C2)c1. The number of hydrogen-bond donors (Lipinski definition) is 1. The summed E-state index contributed by atoms with van der Waals surface area (Å²) in [5, 5.41) is 3.08. The van der Waals surface area contributed by atoms with Crippen LogP contribution in [-0.2, 0) is 11.2 Å². The number of methoxy groups -OCH3 is 1. The zero-order valence-electron chi connectivity index (χ0n) is 14.1. The summed E-state index contributed by atoms with van der Waals surface area (Å²) in [6, 6.07) is 18.0. The Morgan fingerprint density at radius 3 is 2.83 bits per heavy atom. The third-order valence-electron chi connectivity index (χ3n) is 4.50. The van der Waals surface area contributed by atoms with Gasteiger partial charge in [0.2, 0.25) is 5.91 Å². The van der Waals surface area contributed by atoms with Crippen LogP contribution in [0.15, 0.2) is 54.6 Å². The van der Waals surface area contributed by atoms with Gasteiger partial charge < -0.3 is 15.0 Å². The first-order valence-corrected chi connectivity index (χ1v) is 8.44. The van der Waals surface area contributed by atoms with Gasteiger partial charge in [0.05, 0.1) is 13.5 Å². The smallest absolute Gasteiger partial charge is 0.224 e. The minimum Gasteiger partial charge on any atom is -0.497 e. The van der Waals surface area contributed by atoms with Crippen molar-refractivity contribution < 1.29 is 9.53 Å². The fourth-order valence-corrected chi connectivity index (χ4v) is 3.14. The van der Waals surface area contributed by atoms with E-state index in [0.717, 1.165) is 37.4 Å². The molecule has 24 heavy (non-hydrogen) atoms. The van der Waals surface area contributed by atoms with Gasteiger partial charge in [0, 0.05) is 31.4 Å². The van der Waals surface area contributed by atoms with Crippen molar-refractivity contribution in [3.63, 3.8) is 0 Å². The molecule has 126 valence electrons. The lowest BCUT2D eigenvalue weighted by Crippen LogP contribution is -2.32.